The molecule has 0 aromatic heterocycles. The quantitative estimate of drug-likeness (QED) is 0.660. The van der Waals surface area contributed by atoms with Crippen molar-refractivity contribution in [2.75, 3.05) is 14.2 Å². The molecule has 7 heteroatoms. The Balaban J connectivity index is 2.14. The topological polar surface area (TPSA) is 75.7 Å². The van der Waals surface area contributed by atoms with Crippen LogP contribution in [0.25, 0.3) is 0 Å². The average Bonchev–Trinajstić information content (AvgIpc) is 3.05. The van der Waals surface area contributed by atoms with E-state index in [-0.39, 0.29) is 12.3 Å². The standard InChI is InChI=1S/C17H19FN2O4/c1-4-17(16(23)24-3)12-11(14(21)20(2)15(12)22)13(19-17)9-6-5-7-10(18)8-9/h5-8,11-13,19H,4H2,1-3H3/t11-,12-,13-,17+/m1/s1. The molecular weight excluding hydrogens is 315 g/mol. The minimum Gasteiger partial charge on any atom is -0.468 e. The minimum atomic E-state index is -1.30. The molecular formula is C17H19FN2O4. The lowest BCUT2D eigenvalue weighted by molar-refractivity contribution is -0.154. The maximum absolute atomic E-state index is 13.6. The molecule has 2 saturated heterocycles. The maximum atomic E-state index is 13.6. The van der Waals surface area contributed by atoms with Gasteiger partial charge < -0.3 is 4.74 Å². The number of amides is 2. The first-order valence-electron chi connectivity index (χ1n) is 7.80. The molecule has 1 aromatic rings. The van der Waals surface area contributed by atoms with Crippen LogP contribution >= 0.6 is 0 Å². The number of likely N-dealkylation sites (tertiary alicyclic amines) is 1. The molecule has 1 N–H and O–H groups in total. The van der Waals surface area contributed by atoms with Crippen LogP contribution in [-0.2, 0) is 19.1 Å². The van der Waals surface area contributed by atoms with Gasteiger partial charge in [-0.3, -0.25) is 24.6 Å². The van der Waals surface area contributed by atoms with E-state index in [1.807, 2.05) is 0 Å². The van der Waals surface area contributed by atoms with E-state index in [1.54, 1.807) is 13.0 Å². The average molecular weight is 334 g/mol. The van der Waals surface area contributed by atoms with E-state index in [4.69, 9.17) is 4.74 Å². The third-order valence-corrected chi connectivity index (χ3v) is 5.19. The first kappa shape index (κ1) is 16.6. The number of rotatable bonds is 3. The molecule has 0 bridgehead atoms. The minimum absolute atomic E-state index is 0.277. The SMILES string of the molecule is CC[C@]1(C(=O)OC)N[C@H](c2cccc(F)c2)[C@@H]2C(=O)N(C)C(=O)[C@@H]21. The van der Waals surface area contributed by atoms with Crippen LogP contribution in [0.1, 0.15) is 24.9 Å². The lowest BCUT2D eigenvalue weighted by atomic mass is 9.78. The highest BCUT2D eigenvalue weighted by atomic mass is 19.1. The molecule has 24 heavy (non-hydrogen) atoms. The van der Waals surface area contributed by atoms with E-state index in [1.165, 1.54) is 32.4 Å². The van der Waals surface area contributed by atoms with Gasteiger partial charge in [-0.15, -0.1) is 0 Å². The first-order valence-corrected chi connectivity index (χ1v) is 7.80. The summed E-state index contributed by atoms with van der Waals surface area (Å²) in [6, 6.07) is 5.20. The molecule has 1 aromatic carbocycles. The summed E-state index contributed by atoms with van der Waals surface area (Å²) in [5, 5.41) is 3.12. The Morgan fingerprint density at radius 3 is 2.67 bits per heavy atom. The van der Waals surface area contributed by atoms with Gasteiger partial charge >= 0.3 is 5.97 Å². The second-order valence-corrected chi connectivity index (χ2v) is 6.23. The lowest BCUT2D eigenvalue weighted by Crippen LogP contribution is -2.55. The molecule has 2 amide bonds. The van der Waals surface area contributed by atoms with Gasteiger partial charge in [0, 0.05) is 13.1 Å². The van der Waals surface area contributed by atoms with Crippen LogP contribution in [-0.4, -0.2) is 42.4 Å². The van der Waals surface area contributed by atoms with Gasteiger partial charge in [0.05, 0.1) is 18.9 Å². The highest BCUT2D eigenvalue weighted by Crippen LogP contribution is 2.49. The van der Waals surface area contributed by atoms with Crippen molar-refractivity contribution in [3.05, 3.63) is 35.6 Å². The van der Waals surface area contributed by atoms with E-state index in [0.717, 1.165) is 4.90 Å². The largest absolute Gasteiger partial charge is 0.468 e. The molecule has 0 spiro atoms. The van der Waals surface area contributed by atoms with Gasteiger partial charge in [0.25, 0.3) is 0 Å². The zero-order valence-corrected chi connectivity index (χ0v) is 13.7. The van der Waals surface area contributed by atoms with Crippen molar-refractivity contribution in [1.29, 1.82) is 0 Å². The van der Waals surface area contributed by atoms with Crippen LogP contribution in [0.15, 0.2) is 24.3 Å². The Bertz CT molecular complexity index is 722. The van der Waals surface area contributed by atoms with Gasteiger partial charge in [0.2, 0.25) is 11.8 Å². The number of hydrogen-bond donors (Lipinski definition) is 1. The van der Waals surface area contributed by atoms with E-state index in [9.17, 15) is 18.8 Å². The number of imide groups is 1. The predicted octanol–water partition coefficient (Wildman–Crippen LogP) is 1.02. The number of halogens is 1. The summed E-state index contributed by atoms with van der Waals surface area (Å²) in [4.78, 5) is 38.7. The Labute approximate surface area is 139 Å². The summed E-state index contributed by atoms with van der Waals surface area (Å²) in [6.45, 7) is 1.75. The van der Waals surface area contributed by atoms with Gasteiger partial charge in [-0.25, -0.2) is 4.39 Å². The molecule has 0 saturated carbocycles. The van der Waals surface area contributed by atoms with Crippen molar-refractivity contribution in [3.63, 3.8) is 0 Å². The first-order chi connectivity index (χ1) is 11.4. The fraction of sp³-hybridized carbons (Fsp3) is 0.471. The van der Waals surface area contributed by atoms with Crippen molar-refractivity contribution >= 4 is 17.8 Å². The Morgan fingerprint density at radius 2 is 2.08 bits per heavy atom. The molecule has 2 fully saturated rings. The number of carbonyl (C=O) groups is 3. The van der Waals surface area contributed by atoms with Crippen LogP contribution < -0.4 is 5.32 Å². The number of nitrogens with zero attached hydrogens (tertiary/aromatic N) is 1. The van der Waals surface area contributed by atoms with Crippen molar-refractivity contribution in [1.82, 2.24) is 10.2 Å². The third kappa shape index (κ3) is 2.07. The van der Waals surface area contributed by atoms with Crippen molar-refractivity contribution < 1.29 is 23.5 Å². The Morgan fingerprint density at radius 1 is 1.38 bits per heavy atom. The van der Waals surface area contributed by atoms with Gasteiger partial charge in [-0.05, 0) is 24.1 Å². The van der Waals surface area contributed by atoms with Crippen LogP contribution in [0.4, 0.5) is 4.39 Å². The van der Waals surface area contributed by atoms with Gasteiger partial charge in [0.15, 0.2) is 0 Å². The van der Waals surface area contributed by atoms with E-state index in [2.05, 4.69) is 5.32 Å². The summed E-state index contributed by atoms with van der Waals surface area (Å²) < 4.78 is 18.5. The zero-order valence-electron chi connectivity index (χ0n) is 13.7. The number of methoxy groups -OCH3 is 1. The molecule has 0 radical (unpaired) electrons. The van der Waals surface area contributed by atoms with Crippen molar-refractivity contribution in [3.8, 4) is 0 Å². The highest BCUT2D eigenvalue weighted by Gasteiger charge is 2.67. The highest BCUT2D eigenvalue weighted by molar-refractivity contribution is 6.09. The third-order valence-electron chi connectivity index (χ3n) is 5.19. The molecule has 0 aliphatic carbocycles. The Hall–Kier alpha value is -2.28. The van der Waals surface area contributed by atoms with Gasteiger partial charge in [-0.2, -0.15) is 0 Å². The normalized spacial score (nSPS) is 32.2. The second kappa shape index (κ2) is 5.66. The number of nitrogens with one attached hydrogen (secondary N) is 1. The summed E-state index contributed by atoms with van der Waals surface area (Å²) >= 11 is 0. The monoisotopic (exact) mass is 334 g/mol. The van der Waals surface area contributed by atoms with Crippen molar-refractivity contribution in [2.24, 2.45) is 11.8 Å². The smallest absolute Gasteiger partial charge is 0.326 e. The predicted molar refractivity (Wildman–Crippen MR) is 82.1 cm³/mol. The molecule has 2 heterocycles. The summed E-state index contributed by atoms with van der Waals surface area (Å²) in [5.41, 5.74) is -0.769. The summed E-state index contributed by atoms with van der Waals surface area (Å²) in [5.74, 6) is -3.43. The molecule has 2 aliphatic rings. The molecule has 4 atom stereocenters. The van der Waals surface area contributed by atoms with E-state index in [0.29, 0.717) is 5.56 Å². The Kier molecular flexibility index (Phi) is 3.91. The fourth-order valence-electron chi connectivity index (χ4n) is 3.97. The van der Waals surface area contributed by atoms with Crippen LogP contribution in [0.2, 0.25) is 0 Å². The number of benzene rings is 1. The van der Waals surface area contributed by atoms with Gasteiger partial charge in [-0.1, -0.05) is 19.1 Å². The van der Waals surface area contributed by atoms with E-state index < -0.39 is 41.1 Å². The van der Waals surface area contributed by atoms with Gasteiger partial charge in [0.1, 0.15) is 11.4 Å². The van der Waals surface area contributed by atoms with Crippen LogP contribution in [0, 0.1) is 17.7 Å². The molecule has 3 rings (SSSR count). The number of hydrogen-bond acceptors (Lipinski definition) is 5. The number of esters is 1. The number of ether oxygens (including phenoxy) is 1. The summed E-state index contributed by atoms with van der Waals surface area (Å²) in [7, 11) is 2.65. The molecule has 2 aliphatic heterocycles. The van der Waals surface area contributed by atoms with Crippen LogP contribution in [0.3, 0.4) is 0 Å². The lowest BCUT2D eigenvalue weighted by Gasteiger charge is -2.30. The zero-order chi connectivity index (χ0) is 17.6. The molecule has 6 nitrogen and oxygen atoms in total. The fourth-order valence-corrected chi connectivity index (χ4v) is 3.97. The van der Waals surface area contributed by atoms with Crippen molar-refractivity contribution in [2.45, 2.75) is 24.9 Å². The van der Waals surface area contributed by atoms with E-state index >= 15 is 0 Å². The summed E-state index contributed by atoms with van der Waals surface area (Å²) in [6.07, 6.45) is 0.277. The second-order valence-electron chi connectivity index (χ2n) is 6.23. The maximum Gasteiger partial charge on any atom is 0.326 e. The number of carbonyl (C=O) groups excluding carboxylic acids is 3. The molecule has 0 unspecified atom stereocenters. The van der Waals surface area contributed by atoms with Crippen LogP contribution in [0.5, 0.6) is 0 Å². The molecule has 128 valence electrons. The number of fused-ring (bicyclic) bond motifs is 1.